The number of nitrogens with zero attached hydrogens (tertiary/aromatic N) is 2. The van der Waals surface area contributed by atoms with Crippen molar-refractivity contribution in [1.29, 1.82) is 0 Å². The van der Waals surface area contributed by atoms with Crippen LogP contribution in [0.5, 0.6) is 0 Å². The molecule has 146 valence electrons. The fourth-order valence-electron chi connectivity index (χ4n) is 3.00. The lowest BCUT2D eigenvalue weighted by Crippen LogP contribution is -2.26. The molecule has 1 aliphatic heterocycles. The number of non-ortho nitro benzene ring substituents is 1. The summed E-state index contributed by atoms with van der Waals surface area (Å²) in [6.07, 6.45) is 3.48. The number of fused-ring (bicyclic) bond motifs is 1. The highest BCUT2D eigenvalue weighted by molar-refractivity contribution is 7.17. The zero-order valence-corrected chi connectivity index (χ0v) is 16.2. The zero-order valence-electron chi connectivity index (χ0n) is 15.4. The van der Waals surface area contributed by atoms with Crippen LogP contribution in [0, 0.1) is 10.1 Å². The summed E-state index contributed by atoms with van der Waals surface area (Å²) in [4.78, 5) is 38.1. The maximum atomic E-state index is 12.4. The lowest BCUT2D eigenvalue weighted by molar-refractivity contribution is -0.384. The van der Waals surface area contributed by atoms with Crippen LogP contribution in [0.1, 0.15) is 26.4 Å². The predicted octanol–water partition coefficient (Wildman–Crippen LogP) is 3.08. The molecule has 2 aromatic rings. The number of hydrogen-bond donors (Lipinski definition) is 1. The molecule has 1 aromatic heterocycles. The van der Waals surface area contributed by atoms with Crippen LogP contribution < -0.4 is 5.32 Å². The molecule has 0 radical (unpaired) electrons. The van der Waals surface area contributed by atoms with E-state index in [0.29, 0.717) is 29.1 Å². The topological polar surface area (TPSA) is 102 Å². The van der Waals surface area contributed by atoms with Gasteiger partial charge in [-0.15, -0.1) is 11.3 Å². The summed E-state index contributed by atoms with van der Waals surface area (Å²) in [5.41, 5.74) is 1.82. The Labute approximate surface area is 165 Å². The minimum absolute atomic E-state index is 0.0504. The maximum Gasteiger partial charge on any atom is 0.341 e. The van der Waals surface area contributed by atoms with E-state index in [1.54, 1.807) is 12.1 Å². The number of carbonyl (C=O) groups excluding carboxylic acids is 2. The number of methoxy groups -OCH3 is 1. The number of likely N-dealkylation sites (N-methyl/N-ethyl adjacent to an activating group) is 1. The Kier molecular flexibility index (Phi) is 5.86. The van der Waals surface area contributed by atoms with Crippen LogP contribution in [0.25, 0.3) is 6.08 Å². The van der Waals surface area contributed by atoms with E-state index in [0.717, 1.165) is 17.0 Å². The molecule has 28 heavy (non-hydrogen) atoms. The number of thiophene rings is 1. The van der Waals surface area contributed by atoms with E-state index in [-0.39, 0.29) is 5.69 Å². The van der Waals surface area contributed by atoms with Crippen LogP contribution in [0.3, 0.4) is 0 Å². The molecule has 0 spiro atoms. The van der Waals surface area contributed by atoms with Crippen LogP contribution in [-0.4, -0.2) is 42.4 Å². The first-order valence-electron chi connectivity index (χ1n) is 8.54. The van der Waals surface area contributed by atoms with Crippen molar-refractivity contribution in [3.63, 3.8) is 0 Å². The molecule has 0 aliphatic carbocycles. The number of carbonyl (C=O) groups is 2. The van der Waals surface area contributed by atoms with Gasteiger partial charge in [0.05, 0.1) is 17.6 Å². The van der Waals surface area contributed by atoms with E-state index >= 15 is 0 Å². The van der Waals surface area contributed by atoms with Gasteiger partial charge in [0.15, 0.2) is 0 Å². The number of rotatable bonds is 5. The second kappa shape index (κ2) is 8.32. The molecule has 0 fully saturated rings. The highest BCUT2D eigenvalue weighted by Crippen LogP contribution is 2.37. The van der Waals surface area contributed by atoms with Crippen LogP contribution in [-0.2, 0) is 22.5 Å². The average molecular weight is 401 g/mol. The van der Waals surface area contributed by atoms with E-state index in [1.807, 2.05) is 7.05 Å². The monoisotopic (exact) mass is 401 g/mol. The first-order valence-corrected chi connectivity index (χ1v) is 9.35. The molecule has 0 saturated heterocycles. The van der Waals surface area contributed by atoms with Gasteiger partial charge in [0, 0.05) is 36.2 Å². The molecule has 2 heterocycles. The Balaban J connectivity index is 1.81. The molecule has 1 aromatic carbocycles. The first-order chi connectivity index (χ1) is 13.4. The number of esters is 1. The van der Waals surface area contributed by atoms with Gasteiger partial charge in [0.1, 0.15) is 5.00 Å². The summed E-state index contributed by atoms with van der Waals surface area (Å²) >= 11 is 1.37. The number of anilines is 1. The van der Waals surface area contributed by atoms with E-state index in [4.69, 9.17) is 4.74 Å². The van der Waals surface area contributed by atoms with Crippen molar-refractivity contribution in [2.75, 3.05) is 26.0 Å². The SMILES string of the molecule is COC(=O)c1c(NC(=O)/C=C\c2cccc([N+](=O)[O-])c2)sc2c1CCN(C)C2. The minimum atomic E-state index is -0.493. The van der Waals surface area contributed by atoms with Gasteiger partial charge in [0.2, 0.25) is 5.91 Å². The number of nitrogens with one attached hydrogen (secondary N) is 1. The van der Waals surface area contributed by atoms with Gasteiger partial charge >= 0.3 is 5.97 Å². The Morgan fingerprint density at radius 3 is 2.89 bits per heavy atom. The van der Waals surface area contributed by atoms with Gasteiger partial charge in [0.25, 0.3) is 5.69 Å². The molecular weight excluding hydrogens is 382 g/mol. The predicted molar refractivity (Wildman–Crippen MR) is 106 cm³/mol. The molecule has 0 atom stereocenters. The number of nitro groups is 1. The third-order valence-corrected chi connectivity index (χ3v) is 5.51. The minimum Gasteiger partial charge on any atom is -0.465 e. The highest BCUT2D eigenvalue weighted by atomic mass is 32.1. The van der Waals surface area contributed by atoms with Crippen molar-refractivity contribution >= 4 is 40.0 Å². The molecule has 1 N–H and O–H groups in total. The smallest absolute Gasteiger partial charge is 0.341 e. The van der Waals surface area contributed by atoms with Gasteiger partial charge in [-0.1, -0.05) is 12.1 Å². The summed E-state index contributed by atoms with van der Waals surface area (Å²) in [5, 5.41) is 14.0. The van der Waals surface area contributed by atoms with Crippen molar-refractivity contribution in [1.82, 2.24) is 4.90 Å². The zero-order chi connectivity index (χ0) is 20.3. The van der Waals surface area contributed by atoms with Crippen LogP contribution >= 0.6 is 11.3 Å². The van der Waals surface area contributed by atoms with Gasteiger partial charge in [-0.25, -0.2) is 4.79 Å². The van der Waals surface area contributed by atoms with E-state index in [1.165, 1.54) is 42.7 Å². The summed E-state index contributed by atoms with van der Waals surface area (Å²) in [7, 11) is 3.32. The van der Waals surface area contributed by atoms with Crippen molar-refractivity contribution in [3.8, 4) is 0 Å². The second-order valence-electron chi connectivity index (χ2n) is 6.36. The number of ether oxygens (including phenoxy) is 1. The quantitative estimate of drug-likeness (QED) is 0.358. The number of nitro benzene ring substituents is 1. The van der Waals surface area contributed by atoms with Crippen molar-refractivity contribution in [2.45, 2.75) is 13.0 Å². The number of hydrogen-bond acceptors (Lipinski definition) is 7. The third kappa shape index (κ3) is 4.26. The molecule has 0 unspecified atom stereocenters. The maximum absolute atomic E-state index is 12.4. The Morgan fingerprint density at radius 1 is 1.39 bits per heavy atom. The fourth-order valence-corrected chi connectivity index (χ4v) is 4.32. The lowest BCUT2D eigenvalue weighted by Gasteiger charge is -2.22. The molecular formula is C19H19N3O5S. The Morgan fingerprint density at radius 2 is 2.18 bits per heavy atom. The molecule has 8 nitrogen and oxygen atoms in total. The third-order valence-electron chi connectivity index (χ3n) is 4.38. The summed E-state index contributed by atoms with van der Waals surface area (Å²) < 4.78 is 4.90. The molecule has 3 rings (SSSR count). The Bertz CT molecular complexity index is 966. The van der Waals surface area contributed by atoms with Crippen LogP contribution in [0.4, 0.5) is 10.7 Å². The molecule has 9 heteroatoms. The van der Waals surface area contributed by atoms with Crippen LogP contribution in [0.15, 0.2) is 30.3 Å². The molecule has 0 bridgehead atoms. The van der Waals surface area contributed by atoms with E-state index < -0.39 is 16.8 Å². The lowest BCUT2D eigenvalue weighted by atomic mass is 10.0. The second-order valence-corrected chi connectivity index (χ2v) is 7.47. The van der Waals surface area contributed by atoms with Crippen molar-refractivity contribution in [3.05, 3.63) is 62.0 Å². The summed E-state index contributed by atoms with van der Waals surface area (Å²) in [6, 6.07) is 5.97. The van der Waals surface area contributed by atoms with Gasteiger partial charge < -0.3 is 15.0 Å². The van der Waals surface area contributed by atoms with Gasteiger partial charge in [-0.3, -0.25) is 14.9 Å². The van der Waals surface area contributed by atoms with Crippen LogP contribution in [0.2, 0.25) is 0 Å². The number of amides is 1. The first kappa shape index (κ1) is 19.7. The summed E-state index contributed by atoms with van der Waals surface area (Å²) in [5.74, 6) is -0.899. The fraction of sp³-hybridized carbons (Fsp3) is 0.263. The Hall–Kier alpha value is -3.04. The standard InChI is InChI=1S/C19H19N3O5S/c1-21-9-8-14-15(11-21)28-18(17(14)19(24)27-2)20-16(23)7-6-12-4-3-5-13(10-12)22(25)26/h3-7,10H,8-9,11H2,1-2H3,(H,20,23)/b7-6-. The average Bonchev–Trinajstić information content (AvgIpc) is 3.02. The molecule has 0 saturated carbocycles. The van der Waals surface area contributed by atoms with E-state index in [9.17, 15) is 19.7 Å². The van der Waals surface area contributed by atoms with Gasteiger partial charge in [-0.05, 0) is 30.7 Å². The largest absolute Gasteiger partial charge is 0.465 e. The molecule has 1 aliphatic rings. The number of benzene rings is 1. The van der Waals surface area contributed by atoms with Gasteiger partial charge in [-0.2, -0.15) is 0 Å². The van der Waals surface area contributed by atoms with Crippen molar-refractivity contribution in [2.24, 2.45) is 0 Å². The van der Waals surface area contributed by atoms with Crippen molar-refractivity contribution < 1.29 is 19.2 Å². The highest BCUT2D eigenvalue weighted by Gasteiger charge is 2.28. The normalized spacial score (nSPS) is 13.9. The van der Waals surface area contributed by atoms with E-state index in [2.05, 4.69) is 10.2 Å². The molecule has 1 amide bonds. The summed E-state index contributed by atoms with van der Waals surface area (Å²) in [6.45, 7) is 1.54.